The number of aromatic nitrogens is 4. The van der Waals surface area contributed by atoms with Crippen LogP contribution in [0.25, 0.3) is 38.9 Å². The van der Waals surface area contributed by atoms with Crippen molar-refractivity contribution in [3.05, 3.63) is 101 Å². The van der Waals surface area contributed by atoms with Crippen LogP contribution in [0.5, 0.6) is 0 Å². The molecule has 0 saturated heterocycles. The molecule has 0 spiro atoms. The van der Waals surface area contributed by atoms with Gasteiger partial charge in [0.1, 0.15) is 16.9 Å². The maximum atomic E-state index is 13.1. The number of amides is 2. The number of fused-ring (bicyclic) bond motifs is 4. The zero-order valence-electron chi connectivity index (χ0n) is 18.0. The van der Waals surface area contributed by atoms with Crippen LogP contribution in [0.1, 0.15) is 20.7 Å². The minimum atomic E-state index is -0.635. The number of hydrogen-bond acceptors (Lipinski definition) is 6. The second-order valence-corrected chi connectivity index (χ2v) is 7.75. The van der Waals surface area contributed by atoms with E-state index in [-0.39, 0.29) is 16.8 Å². The van der Waals surface area contributed by atoms with Crippen LogP contribution in [-0.2, 0) is 0 Å². The molecule has 0 fully saturated rings. The Morgan fingerprint density at radius 3 is 2.43 bits per heavy atom. The van der Waals surface area contributed by atoms with Crippen LogP contribution in [0.4, 0.5) is 0 Å². The third kappa shape index (κ3) is 3.40. The molecule has 0 saturated carbocycles. The van der Waals surface area contributed by atoms with Gasteiger partial charge in [0.05, 0.1) is 34.4 Å². The van der Waals surface area contributed by atoms with Crippen LogP contribution in [-0.4, -0.2) is 31.4 Å². The first kappa shape index (κ1) is 20.4. The molecule has 0 radical (unpaired) electrons. The van der Waals surface area contributed by atoms with E-state index < -0.39 is 11.8 Å². The number of benzene rings is 2. The number of hydrazine groups is 1. The van der Waals surface area contributed by atoms with Crippen molar-refractivity contribution >= 4 is 39.3 Å². The first-order chi connectivity index (χ1) is 17.1. The largest absolute Gasteiger partial charge is 0.463 e. The lowest BCUT2D eigenvalue weighted by Gasteiger charge is -2.10. The van der Waals surface area contributed by atoms with Crippen LogP contribution in [0, 0.1) is 0 Å². The number of carbonyl (C=O) groups is 2. The number of pyridine rings is 1. The predicted octanol–water partition coefficient (Wildman–Crippen LogP) is 3.06. The summed E-state index contributed by atoms with van der Waals surface area (Å²) in [6, 6.07) is 19.2. The van der Waals surface area contributed by atoms with E-state index in [4.69, 9.17) is 4.42 Å². The van der Waals surface area contributed by atoms with E-state index in [2.05, 4.69) is 25.9 Å². The molecule has 10 heteroatoms. The fourth-order valence-corrected chi connectivity index (χ4v) is 4.00. The summed E-state index contributed by atoms with van der Waals surface area (Å²) < 4.78 is 6.90. The van der Waals surface area contributed by atoms with E-state index in [9.17, 15) is 14.4 Å². The van der Waals surface area contributed by atoms with Gasteiger partial charge in [0.25, 0.3) is 17.4 Å². The van der Waals surface area contributed by atoms with Crippen LogP contribution >= 0.6 is 0 Å². The number of H-pyrrole nitrogens is 1. The molecule has 0 atom stereocenters. The van der Waals surface area contributed by atoms with E-state index in [0.29, 0.717) is 38.8 Å². The Morgan fingerprint density at radius 1 is 0.886 bits per heavy atom. The summed E-state index contributed by atoms with van der Waals surface area (Å²) in [6.07, 6.45) is 2.85. The van der Waals surface area contributed by atoms with Gasteiger partial charge in [-0.3, -0.25) is 25.2 Å². The Labute approximate surface area is 196 Å². The Morgan fingerprint density at radius 2 is 1.63 bits per heavy atom. The average molecular weight is 464 g/mol. The SMILES string of the molecule is O=C(NNC(=O)c1cnn2c1[nH]c(=O)c1ccccc12)c1cc(-c2ccco2)nc2ccccc12. The van der Waals surface area contributed by atoms with Gasteiger partial charge >= 0.3 is 0 Å². The van der Waals surface area contributed by atoms with Crippen molar-refractivity contribution in [2.75, 3.05) is 0 Å². The number of para-hydroxylation sites is 2. The van der Waals surface area contributed by atoms with Gasteiger partial charge in [-0.25, -0.2) is 9.50 Å². The Bertz CT molecular complexity index is 1820. The number of rotatable bonds is 3. The van der Waals surface area contributed by atoms with Crippen LogP contribution in [0.15, 0.2) is 88.4 Å². The normalized spacial score (nSPS) is 11.2. The molecular weight excluding hydrogens is 448 g/mol. The standard InChI is InChI=1S/C25H16N6O4/c32-23-15-7-2-4-9-20(15)31-22(28-23)17(13-26-31)25(34)30-29-24(33)16-12-19(21-10-5-11-35-21)27-18-8-3-1-6-14(16)18/h1-13H,(H,28,32)(H,29,33)(H,30,34). The van der Waals surface area contributed by atoms with Gasteiger partial charge < -0.3 is 9.40 Å². The van der Waals surface area contributed by atoms with Crippen molar-refractivity contribution in [3.8, 4) is 11.5 Å². The Balaban J connectivity index is 1.32. The highest BCUT2D eigenvalue weighted by Gasteiger charge is 2.19. The molecule has 4 heterocycles. The first-order valence-electron chi connectivity index (χ1n) is 10.6. The third-order valence-electron chi connectivity index (χ3n) is 5.65. The molecule has 170 valence electrons. The molecule has 35 heavy (non-hydrogen) atoms. The number of aromatic amines is 1. The number of nitrogens with zero attached hydrogens (tertiary/aromatic N) is 3. The molecule has 0 unspecified atom stereocenters. The summed E-state index contributed by atoms with van der Waals surface area (Å²) in [7, 11) is 0. The Kier molecular flexibility index (Phi) is 4.63. The van der Waals surface area contributed by atoms with E-state index in [1.807, 2.05) is 6.07 Å². The molecule has 3 N–H and O–H groups in total. The minimum Gasteiger partial charge on any atom is -0.463 e. The highest BCUT2D eigenvalue weighted by Crippen LogP contribution is 2.25. The number of nitrogens with one attached hydrogen (secondary N) is 3. The molecule has 6 aromatic rings. The van der Waals surface area contributed by atoms with Gasteiger partial charge in [0.2, 0.25) is 0 Å². The van der Waals surface area contributed by atoms with Crippen LogP contribution < -0.4 is 16.4 Å². The molecule has 2 aromatic carbocycles. The summed E-state index contributed by atoms with van der Waals surface area (Å²) >= 11 is 0. The summed E-state index contributed by atoms with van der Waals surface area (Å²) in [4.78, 5) is 45.7. The van der Waals surface area contributed by atoms with Gasteiger partial charge in [-0.1, -0.05) is 30.3 Å². The molecule has 0 bridgehead atoms. The highest BCUT2D eigenvalue weighted by atomic mass is 16.3. The third-order valence-corrected chi connectivity index (χ3v) is 5.65. The molecule has 6 rings (SSSR count). The lowest BCUT2D eigenvalue weighted by atomic mass is 10.1. The van der Waals surface area contributed by atoms with Gasteiger partial charge in [-0.15, -0.1) is 0 Å². The first-order valence-corrected chi connectivity index (χ1v) is 10.6. The maximum Gasteiger partial charge on any atom is 0.275 e. The van der Waals surface area contributed by atoms with Crippen molar-refractivity contribution in [3.63, 3.8) is 0 Å². The second-order valence-electron chi connectivity index (χ2n) is 7.75. The zero-order chi connectivity index (χ0) is 23.9. The van der Waals surface area contributed by atoms with Crippen LogP contribution in [0.3, 0.4) is 0 Å². The summed E-state index contributed by atoms with van der Waals surface area (Å²) in [5, 5.41) is 5.29. The predicted molar refractivity (Wildman–Crippen MR) is 128 cm³/mol. The van der Waals surface area contributed by atoms with Crippen molar-refractivity contribution in [1.29, 1.82) is 0 Å². The van der Waals surface area contributed by atoms with Gasteiger partial charge in [-0.05, 0) is 36.4 Å². The second kappa shape index (κ2) is 7.96. The molecule has 10 nitrogen and oxygen atoms in total. The zero-order valence-corrected chi connectivity index (χ0v) is 18.0. The van der Waals surface area contributed by atoms with Gasteiger partial charge in [0, 0.05) is 5.39 Å². The fourth-order valence-electron chi connectivity index (χ4n) is 4.00. The number of furan rings is 1. The Hall–Kier alpha value is -5.25. The monoisotopic (exact) mass is 464 g/mol. The number of hydrogen-bond donors (Lipinski definition) is 3. The maximum absolute atomic E-state index is 13.1. The molecule has 0 aliphatic carbocycles. The molecule has 4 aromatic heterocycles. The molecule has 0 aliphatic rings. The average Bonchev–Trinajstić information content (AvgIpc) is 3.57. The van der Waals surface area contributed by atoms with Crippen molar-refractivity contribution in [2.24, 2.45) is 0 Å². The van der Waals surface area contributed by atoms with Crippen molar-refractivity contribution < 1.29 is 14.0 Å². The van der Waals surface area contributed by atoms with E-state index in [1.54, 1.807) is 60.7 Å². The van der Waals surface area contributed by atoms with E-state index >= 15 is 0 Å². The minimum absolute atomic E-state index is 0.101. The van der Waals surface area contributed by atoms with E-state index in [1.165, 1.54) is 17.0 Å². The fraction of sp³-hybridized carbons (Fsp3) is 0. The van der Waals surface area contributed by atoms with Crippen molar-refractivity contribution in [2.45, 2.75) is 0 Å². The summed E-state index contributed by atoms with van der Waals surface area (Å²) in [5.41, 5.74) is 6.77. The summed E-state index contributed by atoms with van der Waals surface area (Å²) in [6.45, 7) is 0. The lowest BCUT2D eigenvalue weighted by Crippen LogP contribution is -2.41. The number of carbonyl (C=O) groups excluding carboxylic acids is 2. The molecule has 0 aliphatic heterocycles. The summed E-state index contributed by atoms with van der Waals surface area (Å²) in [5.74, 6) is -0.666. The molecule has 2 amide bonds. The van der Waals surface area contributed by atoms with Gasteiger partial charge in [-0.2, -0.15) is 5.10 Å². The van der Waals surface area contributed by atoms with Gasteiger partial charge in [0.15, 0.2) is 5.76 Å². The van der Waals surface area contributed by atoms with E-state index in [0.717, 1.165) is 0 Å². The topological polar surface area (TPSA) is 134 Å². The van der Waals surface area contributed by atoms with Crippen LogP contribution in [0.2, 0.25) is 0 Å². The van der Waals surface area contributed by atoms with Crippen molar-refractivity contribution in [1.82, 2.24) is 30.4 Å². The molecular formula is C25H16N6O4. The smallest absolute Gasteiger partial charge is 0.275 e. The lowest BCUT2D eigenvalue weighted by molar-refractivity contribution is 0.0848. The highest BCUT2D eigenvalue weighted by molar-refractivity contribution is 6.08. The quantitative estimate of drug-likeness (QED) is 0.345.